The normalized spacial score (nSPS) is 12.4. The zero-order valence-corrected chi connectivity index (χ0v) is 27.8. The van der Waals surface area contributed by atoms with Crippen LogP contribution in [0.1, 0.15) is 33.4 Å². The first-order valence-corrected chi connectivity index (χ1v) is 16.7. The molecule has 0 radical (unpaired) electrons. The van der Waals surface area contributed by atoms with Crippen LogP contribution in [0.4, 0.5) is 0 Å². The molecule has 0 atom stereocenters. The number of nitrogens with zero attached hydrogens (tertiary/aromatic N) is 2. The van der Waals surface area contributed by atoms with Gasteiger partial charge in [-0.1, -0.05) is 132 Å². The molecule has 0 N–H and O–H groups in total. The van der Waals surface area contributed by atoms with E-state index >= 15 is 0 Å². The van der Waals surface area contributed by atoms with Crippen LogP contribution in [0.3, 0.4) is 0 Å². The predicted molar refractivity (Wildman–Crippen MR) is 210 cm³/mol. The summed E-state index contributed by atoms with van der Waals surface area (Å²) in [5.41, 5.74) is 12.5. The van der Waals surface area contributed by atoms with Crippen LogP contribution >= 0.6 is 0 Å². The Bertz CT molecular complexity index is 2590. The van der Waals surface area contributed by atoms with E-state index in [1.165, 1.54) is 98.5 Å². The quantitative estimate of drug-likeness (QED) is 0.174. The lowest BCUT2D eigenvalue weighted by atomic mass is 10.0. The molecule has 2 nitrogen and oxygen atoms in total. The highest BCUT2D eigenvalue weighted by atomic mass is 15.0. The zero-order chi connectivity index (χ0) is 32.5. The maximum Gasteiger partial charge on any atom is 0.0568 e. The van der Waals surface area contributed by atoms with Crippen molar-refractivity contribution in [1.82, 2.24) is 9.13 Å². The minimum Gasteiger partial charge on any atom is -0.343 e. The average molecular weight is 617 g/mol. The average Bonchev–Trinajstić information content (AvgIpc) is 3.56. The van der Waals surface area contributed by atoms with Crippen molar-refractivity contribution in [3.8, 4) is 0 Å². The highest BCUT2D eigenvalue weighted by Crippen LogP contribution is 2.40. The van der Waals surface area contributed by atoms with Crippen molar-refractivity contribution in [2.45, 2.75) is 13.8 Å². The Balaban J connectivity index is 1.14. The van der Waals surface area contributed by atoms with Crippen LogP contribution < -0.4 is 0 Å². The van der Waals surface area contributed by atoms with Crippen molar-refractivity contribution in [3.05, 3.63) is 155 Å². The summed E-state index contributed by atoms with van der Waals surface area (Å²) >= 11 is 0. The Morgan fingerprint density at radius 1 is 0.354 bits per heavy atom. The molecule has 0 aliphatic carbocycles. The molecular formula is C46H36N2. The molecule has 48 heavy (non-hydrogen) atoms. The summed E-state index contributed by atoms with van der Waals surface area (Å²) in [5.74, 6) is 0. The van der Waals surface area contributed by atoms with Gasteiger partial charge in [-0.25, -0.2) is 0 Å². The highest BCUT2D eigenvalue weighted by molar-refractivity contribution is 6.24. The molecule has 2 heterocycles. The van der Waals surface area contributed by atoms with Gasteiger partial charge in [0.05, 0.1) is 11.0 Å². The van der Waals surface area contributed by atoms with Gasteiger partial charge in [-0.05, 0) is 71.1 Å². The lowest BCUT2D eigenvalue weighted by Gasteiger charge is -2.05. The number of benzene rings is 7. The van der Waals surface area contributed by atoms with Gasteiger partial charge in [0.25, 0.3) is 0 Å². The number of rotatable bonds is 4. The van der Waals surface area contributed by atoms with E-state index in [0.717, 1.165) is 0 Å². The van der Waals surface area contributed by atoms with Crippen LogP contribution in [0.25, 0.3) is 89.5 Å². The van der Waals surface area contributed by atoms with E-state index in [0.29, 0.717) is 0 Å². The number of hydrogen-bond donors (Lipinski definition) is 0. The topological polar surface area (TPSA) is 9.86 Å². The molecule has 0 spiro atoms. The van der Waals surface area contributed by atoms with E-state index in [1.54, 1.807) is 0 Å². The van der Waals surface area contributed by atoms with Gasteiger partial charge in [0, 0.05) is 57.4 Å². The first kappa shape index (κ1) is 28.4. The van der Waals surface area contributed by atoms with Gasteiger partial charge >= 0.3 is 0 Å². The van der Waals surface area contributed by atoms with E-state index in [2.05, 4.69) is 183 Å². The Labute approximate surface area is 280 Å². The van der Waals surface area contributed by atoms with Crippen LogP contribution in [0, 0.1) is 13.8 Å². The van der Waals surface area contributed by atoms with Crippen molar-refractivity contribution in [3.63, 3.8) is 0 Å². The molecule has 7 aromatic carbocycles. The number of aryl methyl sites for hydroxylation is 4. The van der Waals surface area contributed by atoms with E-state index in [-0.39, 0.29) is 0 Å². The van der Waals surface area contributed by atoms with Crippen LogP contribution in [0.2, 0.25) is 0 Å². The second kappa shape index (κ2) is 10.9. The summed E-state index contributed by atoms with van der Waals surface area (Å²) in [6.45, 7) is 4.25. The molecule has 2 aromatic heterocycles. The van der Waals surface area contributed by atoms with Crippen LogP contribution in [0.5, 0.6) is 0 Å². The molecule has 9 rings (SSSR count). The number of aromatic nitrogens is 2. The van der Waals surface area contributed by atoms with Gasteiger partial charge in [-0.3, -0.25) is 0 Å². The van der Waals surface area contributed by atoms with Gasteiger partial charge in [0.2, 0.25) is 0 Å². The maximum atomic E-state index is 2.40. The summed E-state index contributed by atoms with van der Waals surface area (Å²) in [4.78, 5) is 0. The smallest absolute Gasteiger partial charge is 0.0568 e. The van der Waals surface area contributed by atoms with Gasteiger partial charge in [-0.15, -0.1) is 0 Å². The molecular weight excluding hydrogens is 581 g/mol. The van der Waals surface area contributed by atoms with Gasteiger partial charge in [0.1, 0.15) is 0 Å². The third-order valence-electron chi connectivity index (χ3n) is 10.2. The second-order valence-corrected chi connectivity index (χ2v) is 13.4. The largest absolute Gasteiger partial charge is 0.343 e. The lowest BCUT2D eigenvalue weighted by molar-refractivity contribution is 1.01. The summed E-state index contributed by atoms with van der Waals surface area (Å²) in [5, 5.41) is 10.3. The van der Waals surface area contributed by atoms with Gasteiger partial charge < -0.3 is 9.13 Å². The second-order valence-electron chi connectivity index (χ2n) is 13.4. The molecule has 0 fully saturated rings. The SMILES string of the molecule is Cc1ccc(/C=C/c2ccc3c(ccc4c5cc6c(cc5n(C)c34)c3ccc4cc(/C=C/c5ccc(C)cc5)ccc4c3n6C)c2)cc1. The molecule has 0 saturated carbocycles. The Morgan fingerprint density at radius 3 is 1.12 bits per heavy atom. The third-order valence-corrected chi connectivity index (χ3v) is 10.2. The summed E-state index contributed by atoms with van der Waals surface area (Å²) < 4.78 is 4.78. The van der Waals surface area contributed by atoms with Crippen LogP contribution in [0.15, 0.2) is 121 Å². The van der Waals surface area contributed by atoms with Crippen molar-refractivity contribution in [2.24, 2.45) is 14.1 Å². The molecule has 2 heteroatoms. The van der Waals surface area contributed by atoms with E-state index in [4.69, 9.17) is 0 Å². The Kier molecular flexibility index (Phi) is 6.42. The van der Waals surface area contributed by atoms with Crippen LogP contribution in [-0.2, 0) is 14.1 Å². The van der Waals surface area contributed by atoms with E-state index < -0.39 is 0 Å². The maximum absolute atomic E-state index is 2.40. The molecule has 0 bridgehead atoms. The van der Waals surface area contributed by atoms with Gasteiger partial charge in [-0.2, -0.15) is 0 Å². The molecule has 0 unspecified atom stereocenters. The van der Waals surface area contributed by atoms with Crippen molar-refractivity contribution in [2.75, 3.05) is 0 Å². The van der Waals surface area contributed by atoms with Crippen molar-refractivity contribution in [1.29, 1.82) is 0 Å². The molecule has 0 aliphatic heterocycles. The minimum atomic E-state index is 1.21. The fourth-order valence-corrected chi connectivity index (χ4v) is 7.57. The predicted octanol–water partition coefficient (Wildman–Crippen LogP) is 12.2. The number of fused-ring (bicyclic) bond motifs is 10. The first-order chi connectivity index (χ1) is 23.4. The molecule has 0 saturated heterocycles. The Hall–Kier alpha value is -5.86. The van der Waals surface area contributed by atoms with E-state index in [9.17, 15) is 0 Å². The monoisotopic (exact) mass is 616 g/mol. The molecule has 230 valence electrons. The lowest BCUT2D eigenvalue weighted by Crippen LogP contribution is -1.89. The molecule has 0 amide bonds. The number of hydrogen-bond acceptors (Lipinski definition) is 0. The summed E-state index contributed by atoms with van der Waals surface area (Å²) in [6, 6.07) is 45.0. The minimum absolute atomic E-state index is 1.21. The first-order valence-electron chi connectivity index (χ1n) is 16.7. The van der Waals surface area contributed by atoms with Crippen LogP contribution in [-0.4, -0.2) is 9.13 Å². The third kappa shape index (κ3) is 4.56. The van der Waals surface area contributed by atoms with Crippen molar-refractivity contribution < 1.29 is 0 Å². The standard InChI is InChI=1S/C46H36N2/c1-29-5-9-31(10-6-29)13-15-33-17-21-37-35(25-33)19-23-39-41-27-44-42(28-43(41)47(3)45(37)39)40-24-20-36-26-34(18-22-38(36)46(40)48(44)4)16-14-32-11-7-30(2)8-12-32/h5-28H,1-4H3/b15-13+,16-14+. The fourth-order valence-electron chi connectivity index (χ4n) is 7.57. The zero-order valence-electron chi connectivity index (χ0n) is 27.8. The Morgan fingerprint density at radius 2 is 0.708 bits per heavy atom. The summed E-state index contributed by atoms with van der Waals surface area (Å²) in [6.07, 6.45) is 8.80. The molecule has 9 aromatic rings. The highest BCUT2D eigenvalue weighted by Gasteiger charge is 2.17. The van der Waals surface area contributed by atoms with E-state index in [1.807, 2.05) is 0 Å². The van der Waals surface area contributed by atoms with Crippen molar-refractivity contribution >= 4 is 89.5 Å². The summed E-state index contributed by atoms with van der Waals surface area (Å²) in [7, 11) is 4.43. The molecule has 0 aliphatic rings. The fraction of sp³-hybridized carbons (Fsp3) is 0.0870. The van der Waals surface area contributed by atoms with Gasteiger partial charge in [0.15, 0.2) is 0 Å².